The molecule has 1 unspecified atom stereocenters. The first-order valence-corrected chi connectivity index (χ1v) is 6.98. The lowest BCUT2D eigenvalue weighted by Gasteiger charge is -2.08. The van der Waals surface area contributed by atoms with Gasteiger partial charge in [-0.2, -0.15) is 0 Å². The van der Waals surface area contributed by atoms with Crippen molar-refractivity contribution in [2.75, 3.05) is 6.61 Å². The highest BCUT2D eigenvalue weighted by Gasteiger charge is 2.18. The lowest BCUT2D eigenvalue weighted by atomic mass is 10.2. The summed E-state index contributed by atoms with van der Waals surface area (Å²) in [5.74, 6) is 0. The summed E-state index contributed by atoms with van der Waals surface area (Å²) in [7, 11) is -7.02. The summed E-state index contributed by atoms with van der Waals surface area (Å²) in [6.07, 6.45) is 1.32. The van der Waals surface area contributed by atoms with Crippen LogP contribution in [0, 0.1) is 0 Å². The third-order valence-electron chi connectivity index (χ3n) is 1.63. The summed E-state index contributed by atoms with van der Waals surface area (Å²) < 4.78 is 35.7. The van der Waals surface area contributed by atoms with Gasteiger partial charge in [0.1, 0.15) is 0 Å². The Morgan fingerprint density at radius 2 is 1.93 bits per heavy atom. The average molecular weight is 244 g/mol. The Kier molecular flexibility index (Phi) is 6.49. The molecule has 0 aliphatic carbocycles. The lowest BCUT2D eigenvalue weighted by molar-refractivity contribution is 0.193. The second-order valence-corrected chi connectivity index (χ2v) is 5.38. The standard InChI is InChI=1S/C6H14O6P2/c1-2-3-6(13(7)8)4-5-12-14(9,10)11/h6H,2-5H2,1H3,(H2,9,10,11). The monoisotopic (exact) mass is 244 g/mol. The number of phosphoric ester groups is 1. The van der Waals surface area contributed by atoms with Crippen molar-refractivity contribution in [3.05, 3.63) is 0 Å². The maximum Gasteiger partial charge on any atom is 0.469 e. The van der Waals surface area contributed by atoms with E-state index in [2.05, 4.69) is 4.52 Å². The average Bonchev–Trinajstić information content (AvgIpc) is 2.00. The SMILES string of the molecule is CCCC(CCOP(=O)(O)O)P(=O)=O. The van der Waals surface area contributed by atoms with Gasteiger partial charge in [-0.15, -0.1) is 0 Å². The Balaban J connectivity index is 3.89. The molecular weight excluding hydrogens is 230 g/mol. The summed E-state index contributed by atoms with van der Waals surface area (Å²) >= 11 is 0. The highest BCUT2D eigenvalue weighted by molar-refractivity contribution is 7.46. The molecule has 0 aromatic rings. The van der Waals surface area contributed by atoms with Gasteiger partial charge in [0.2, 0.25) is 0 Å². The van der Waals surface area contributed by atoms with Gasteiger partial charge in [0.15, 0.2) is 0 Å². The van der Waals surface area contributed by atoms with Crippen molar-refractivity contribution in [1.29, 1.82) is 0 Å². The minimum Gasteiger partial charge on any atom is -0.303 e. The van der Waals surface area contributed by atoms with Gasteiger partial charge in [-0.3, -0.25) is 4.52 Å². The quantitative estimate of drug-likeness (QED) is 0.662. The molecule has 0 heterocycles. The summed E-state index contributed by atoms with van der Waals surface area (Å²) in [5, 5.41) is 0. The molecule has 0 aliphatic rings. The van der Waals surface area contributed by atoms with Crippen molar-refractivity contribution in [2.24, 2.45) is 0 Å². The second kappa shape index (κ2) is 6.49. The van der Waals surface area contributed by atoms with E-state index in [1.54, 1.807) is 0 Å². The molecular formula is C6H14O6P2. The van der Waals surface area contributed by atoms with E-state index in [4.69, 9.17) is 9.79 Å². The smallest absolute Gasteiger partial charge is 0.303 e. The van der Waals surface area contributed by atoms with Gasteiger partial charge in [0.25, 0.3) is 0 Å². The zero-order valence-corrected chi connectivity index (χ0v) is 9.62. The molecule has 8 heteroatoms. The van der Waals surface area contributed by atoms with E-state index < -0.39 is 21.2 Å². The van der Waals surface area contributed by atoms with Crippen molar-refractivity contribution in [2.45, 2.75) is 31.8 Å². The number of phosphoric acid groups is 1. The molecule has 0 spiro atoms. The molecule has 14 heavy (non-hydrogen) atoms. The molecule has 0 bridgehead atoms. The van der Waals surface area contributed by atoms with Gasteiger partial charge in [-0.1, -0.05) is 13.3 Å². The van der Waals surface area contributed by atoms with Crippen LogP contribution in [-0.4, -0.2) is 22.1 Å². The van der Waals surface area contributed by atoms with Crippen LogP contribution >= 0.6 is 15.5 Å². The highest BCUT2D eigenvalue weighted by atomic mass is 31.2. The van der Waals surface area contributed by atoms with Gasteiger partial charge in [0, 0.05) is 0 Å². The summed E-state index contributed by atoms with van der Waals surface area (Å²) in [5.41, 5.74) is -0.554. The van der Waals surface area contributed by atoms with Crippen LogP contribution in [0.2, 0.25) is 0 Å². The molecule has 0 aliphatic heterocycles. The largest absolute Gasteiger partial charge is 0.469 e. The molecule has 0 amide bonds. The molecule has 0 rings (SSSR count). The maximum absolute atomic E-state index is 10.6. The van der Waals surface area contributed by atoms with Crippen LogP contribution in [0.1, 0.15) is 26.2 Å². The number of hydrogen-bond donors (Lipinski definition) is 2. The Hall–Kier alpha value is 0.01000. The maximum atomic E-state index is 10.6. The molecule has 0 saturated carbocycles. The molecule has 1 atom stereocenters. The van der Waals surface area contributed by atoms with Gasteiger partial charge in [0.05, 0.1) is 12.3 Å². The zero-order valence-electron chi connectivity index (χ0n) is 7.83. The number of hydrogen-bond acceptors (Lipinski definition) is 4. The molecule has 2 N–H and O–H groups in total. The fourth-order valence-corrected chi connectivity index (χ4v) is 2.12. The van der Waals surface area contributed by atoms with E-state index in [1.165, 1.54) is 0 Å². The van der Waals surface area contributed by atoms with Gasteiger partial charge in [-0.25, -0.2) is 13.7 Å². The van der Waals surface area contributed by atoms with Crippen LogP contribution in [-0.2, 0) is 18.2 Å². The Labute approximate surface area is 82.7 Å². The normalized spacial score (nSPS) is 13.9. The van der Waals surface area contributed by atoms with Crippen molar-refractivity contribution >= 4 is 15.5 Å². The second-order valence-electron chi connectivity index (χ2n) is 2.84. The fourth-order valence-electron chi connectivity index (χ4n) is 0.996. The van der Waals surface area contributed by atoms with E-state index in [-0.39, 0.29) is 13.0 Å². The summed E-state index contributed by atoms with van der Waals surface area (Å²) in [6.45, 7) is 1.61. The predicted octanol–water partition coefficient (Wildman–Crippen LogP) is 1.83. The fraction of sp³-hybridized carbons (Fsp3) is 1.00. The van der Waals surface area contributed by atoms with Gasteiger partial charge in [-0.05, 0) is 12.8 Å². The van der Waals surface area contributed by atoms with Crippen LogP contribution < -0.4 is 0 Å². The third-order valence-corrected chi connectivity index (χ3v) is 3.26. The Bertz CT molecular complexity index is 259. The Morgan fingerprint density at radius 1 is 1.36 bits per heavy atom. The van der Waals surface area contributed by atoms with E-state index in [0.717, 1.165) is 0 Å². The van der Waals surface area contributed by atoms with E-state index in [9.17, 15) is 13.7 Å². The molecule has 0 aromatic heterocycles. The van der Waals surface area contributed by atoms with Crippen LogP contribution in [0.25, 0.3) is 0 Å². The first-order valence-electron chi connectivity index (χ1n) is 4.20. The molecule has 0 fully saturated rings. The van der Waals surface area contributed by atoms with Gasteiger partial charge >= 0.3 is 15.5 Å². The lowest BCUT2D eigenvalue weighted by Crippen LogP contribution is -2.04. The summed E-state index contributed by atoms with van der Waals surface area (Å²) in [6, 6.07) is 0. The first kappa shape index (κ1) is 14.0. The zero-order chi connectivity index (χ0) is 11.2. The minimum atomic E-state index is -4.47. The summed E-state index contributed by atoms with van der Waals surface area (Å²) in [4.78, 5) is 16.7. The van der Waals surface area contributed by atoms with Crippen LogP contribution in [0.3, 0.4) is 0 Å². The molecule has 84 valence electrons. The highest BCUT2D eigenvalue weighted by Crippen LogP contribution is 2.36. The number of rotatable bonds is 7. The van der Waals surface area contributed by atoms with Crippen molar-refractivity contribution < 1.29 is 28.0 Å². The van der Waals surface area contributed by atoms with E-state index >= 15 is 0 Å². The van der Waals surface area contributed by atoms with Crippen LogP contribution in [0.5, 0.6) is 0 Å². The predicted molar refractivity (Wildman–Crippen MR) is 49.6 cm³/mol. The van der Waals surface area contributed by atoms with Crippen LogP contribution in [0.4, 0.5) is 0 Å². The first-order chi connectivity index (χ1) is 6.37. The molecule has 6 nitrogen and oxygen atoms in total. The van der Waals surface area contributed by atoms with Crippen molar-refractivity contribution in [3.63, 3.8) is 0 Å². The molecule has 0 radical (unpaired) electrons. The van der Waals surface area contributed by atoms with E-state index in [1.807, 2.05) is 6.92 Å². The third kappa shape index (κ3) is 7.42. The molecule has 0 aromatic carbocycles. The van der Waals surface area contributed by atoms with Crippen molar-refractivity contribution in [3.8, 4) is 0 Å². The molecule has 0 saturated heterocycles. The topological polar surface area (TPSA) is 101 Å². The Morgan fingerprint density at radius 3 is 2.29 bits per heavy atom. The van der Waals surface area contributed by atoms with Crippen molar-refractivity contribution in [1.82, 2.24) is 0 Å². The van der Waals surface area contributed by atoms with Gasteiger partial charge < -0.3 is 9.79 Å². The minimum absolute atomic E-state index is 0.123. The van der Waals surface area contributed by atoms with E-state index in [0.29, 0.717) is 12.8 Å². The van der Waals surface area contributed by atoms with Crippen LogP contribution in [0.15, 0.2) is 0 Å².